The molecule has 1 aromatic heterocycles. The molecule has 0 aliphatic rings. The van der Waals surface area contributed by atoms with Gasteiger partial charge in [-0.15, -0.1) is 11.3 Å². The van der Waals surface area contributed by atoms with Crippen molar-refractivity contribution in [3.05, 3.63) is 50.4 Å². The minimum absolute atomic E-state index is 0.513. The Kier molecular flexibility index (Phi) is 3.59. The molecule has 0 saturated carbocycles. The molecule has 4 heteroatoms. The summed E-state index contributed by atoms with van der Waals surface area (Å²) in [5, 5.41) is 1.80. The van der Waals surface area contributed by atoms with Gasteiger partial charge in [-0.2, -0.15) is 0 Å². The molecule has 0 radical (unpaired) electrons. The van der Waals surface area contributed by atoms with Crippen LogP contribution in [0.3, 0.4) is 0 Å². The minimum Gasteiger partial charge on any atom is -0.325 e. The van der Waals surface area contributed by atoms with Gasteiger partial charge in [-0.1, -0.05) is 23.7 Å². The molecule has 0 atom stereocenters. The highest BCUT2D eigenvalue weighted by atomic mass is 35.5. The lowest BCUT2D eigenvalue weighted by atomic mass is 10.1. The van der Waals surface area contributed by atoms with Gasteiger partial charge in [0.2, 0.25) is 0 Å². The maximum atomic E-state index is 6.08. The van der Waals surface area contributed by atoms with Crippen molar-refractivity contribution in [3.63, 3.8) is 0 Å². The second kappa shape index (κ2) is 4.95. The van der Waals surface area contributed by atoms with Crippen molar-refractivity contribution in [1.82, 2.24) is 4.98 Å². The van der Waals surface area contributed by atoms with Gasteiger partial charge in [0.25, 0.3) is 0 Å². The van der Waals surface area contributed by atoms with E-state index in [1.54, 1.807) is 11.3 Å². The van der Waals surface area contributed by atoms with Crippen LogP contribution >= 0.6 is 22.9 Å². The number of hydrogen-bond acceptors (Lipinski definition) is 3. The first-order valence-electron chi connectivity index (χ1n) is 5.07. The number of hydrogen-bond donors (Lipinski definition) is 1. The van der Waals surface area contributed by atoms with E-state index in [-0.39, 0.29) is 0 Å². The van der Waals surface area contributed by atoms with Crippen LogP contribution in [0.5, 0.6) is 0 Å². The van der Waals surface area contributed by atoms with Crippen molar-refractivity contribution in [2.75, 3.05) is 0 Å². The molecule has 2 N–H and O–H groups in total. The van der Waals surface area contributed by atoms with Crippen molar-refractivity contribution in [3.8, 4) is 0 Å². The summed E-state index contributed by atoms with van der Waals surface area (Å²) in [5.74, 6) is 0. The lowest BCUT2D eigenvalue weighted by Gasteiger charge is -2.01. The fourth-order valence-corrected chi connectivity index (χ4v) is 2.51. The molecule has 2 rings (SSSR count). The summed E-state index contributed by atoms with van der Waals surface area (Å²) in [6.45, 7) is 2.52. The first kappa shape index (κ1) is 11.6. The molecular formula is C12H13ClN2S. The zero-order valence-corrected chi connectivity index (χ0v) is 10.6. The third kappa shape index (κ3) is 2.61. The van der Waals surface area contributed by atoms with Gasteiger partial charge in [0.05, 0.1) is 0 Å². The van der Waals surface area contributed by atoms with Crippen LogP contribution in [-0.4, -0.2) is 4.98 Å². The quantitative estimate of drug-likeness (QED) is 0.912. The third-order valence-electron chi connectivity index (χ3n) is 2.39. The predicted octanol–water partition coefficient (Wildman–Crippen LogP) is 3.15. The lowest BCUT2D eigenvalue weighted by molar-refractivity contribution is 1.04. The Morgan fingerprint density at radius 2 is 2.25 bits per heavy atom. The Morgan fingerprint density at radius 1 is 1.44 bits per heavy atom. The number of benzene rings is 1. The molecule has 16 heavy (non-hydrogen) atoms. The highest BCUT2D eigenvalue weighted by Gasteiger charge is 2.03. The summed E-state index contributed by atoms with van der Waals surface area (Å²) >= 11 is 7.74. The second-order valence-electron chi connectivity index (χ2n) is 3.68. The minimum atomic E-state index is 0.513. The largest absolute Gasteiger partial charge is 0.325 e. The number of aromatic nitrogens is 1. The van der Waals surface area contributed by atoms with Gasteiger partial charge < -0.3 is 5.73 Å². The summed E-state index contributed by atoms with van der Waals surface area (Å²) in [7, 11) is 0. The summed E-state index contributed by atoms with van der Waals surface area (Å²) in [6, 6.07) is 6.16. The number of nitrogens with zero attached hydrogens (tertiary/aromatic N) is 1. The Bertz CT molecular complexity index is 494. The normalized spacial score (nSPS) is 10.7. The van der Waals surface area contributed by atoms with E-state index in [1.807, 2.05) is 25.3 Å². The van der Waals surface area contributed by atoms with Crippen molar-refractivity contribution in [2.24, 2.45) is 5.73 Å². The fraction of sp³-hybridized carbons (Fsp3) is 0.250. The van der Waals surface area contributed by atoms with Crippen LogP contribution in [0.15, 0.2) is 24.4 Å². The molecule has 0 aliphatic carbocycles. The zero-order valence-electron chi connectivity index (χ0n) is 9.03. The molecule has 2 nitrogen and oxygen atoms in total. The lowest BCUT2D eigenvalue weighted by Crippen LogP contribution is -1.93. The maximum absolute atomic E-state index is 6.08. The van der Waals surface area contributed by atoms with Crippen LogP contribution in [0.1, 0.15) is 21.0 Å². The average molecular weight is 253 g/mol. The van der Waals surface area contributed by atoms with E-state index in [0.29, 0.717) is 6.54 Å². The van der Waals surface area contributed by atoms with Crippen LogP contribution in [0.25, 0.3) is 0 Å². The first-order valence-corrected chi connectivity index (χ1v) is 6.27. The monoisotopic (exact) mass is 252 g/mol. The number of nitrogens with two attached hydrogens (primary N) is 1. The molecule has 1 heterocycles. The fourth-order valence-electron chi connectivity index (χ4n) is 1.47. The topological polar surface area (TPSA) is 38.9 Å². The Balaban J connectivity index is 2.17. The maximum Gasteiger partial charge on any atom is 0.106 e. The highest BCUT2D eigenvalue weighted by Crippen LogP contribution is 2.21. The third-order valence-corrected chi connectivity index (χ3v) is 3.82. The molecular weight excluding hydrogens is 240 g/mol. The van der Waals surface area contributed by atoms with Crippen molar-refractivity contribution in [2.45, 2.75) is 19.9 Å². The highest BCUT2D eigenvalue weighted by molar-refractivity contribution is 7.11. The van der Waals surface area contributed by atoms with E-state index in [9.17, 15) is 0 Å². The standard InChI is InChI=1S/C12H13ClN2S/c1-8-2-3-9(5-11(8)13)4-10-7-15-12(6-14)16-10/h2-3,5,7H,4,6,14H2,1H3. The molecule has 0 amide bonds. The first-order chi connectivity index (χ1) is 7.69. The summed E-state index contributed by atoms with van der Waals surface area (Å²) < 4.78 is 0. The number of rotatable bonds is 3. The zero-order chi connectivity index (χ0) is 11.5. The van der Waals surface area contributed by atoms with Gasteiger partial charge in [0.15, 0.2) is 0 Å². The second-order valence-corrected chi connectivity index (χ2v) is 5.29. The summed E-state index contributed by atoms with van der Waals surface area (Å²) in [6.07, 6.45) is 2.76. The van der Waals surface area contributed by atoms with E-state index in [4.69, 9.17) is 17.3 Å². The van der Waals surface area contributed by atoms with Crippen LogP contribution in [0, 0.1) is 6.92 Å². The number of halogens is 1. The van der Waals surface area contributed by atoms with Gasteiger partial charge in [-0.3, -0.25) is 0 Å². The molecule has 0 unspecified atom stereocenters. The molecule has 84 valence electrons. The van der Waals surface area contributed by atoms with E-state index >= 15 is 0 Å². The summed E-state index contributed by atoms with van der Waals surface area (Å²) in [5.41, 5.74) is 7.85. The van der Waals surface area contributed by atoms with Crippen LogP contribution in [0.2, 0.25) is 5.02 Å². The summed E-state index contributed by atoms with van der Waals surface area (Å²) in [4.78, 5) is 5.45. The van der Waals surface area contributed by atoms with Crippen LogP contribution in [0.4, 0.5) is 0 Å². The Morgan fingerprint density at radius 3 is 2.88 bits per heavy atom. The smallest absolute Gasteiger partial charge is 0.106 e. The molecule has 2 aromatic rings. The molecule has 0 aliphatic heterocycles. The number of aryl methyl sites for hydroxylation is 1. The van der Waals surface area contributed by atoms with E-state index in [2.05, 4.69) is 11.1 Å². The van der Waals surface area contributed by atoms with Crippen LogP contribution in [-0.2, 0) is 13.0 Å². The molecule has 0 fully saturated rings. The molecule has 1 aromatic carbocycles. The predicted molar refractivity (Wildman–Crippen MR) is 69.0 cm³/mol. The van der Waals surface area contributed by atoms with Gasteiger partial charge >= 0.3 is 0 Å². The Hall–Kier alpha value is -0.900. The molecule has 0 spiro atoms. The van der Waals surface area contributed by atoms with E-state index < -0.39 is 0 Å². The van der Waals surface area contributed by atoms with Crippen molar-refractivity contribution in [1.29, 1.82) is 0 Å². The van der Waals surface area contributed by atoms with Gasteiger partial charge in [-0.25, -0.2) is 4.98 Å². The molecule has 0 bridgehead atoms. The van der Waals surface area contributed by atoms with Gasteiger partial charge in [0.1, 0.15) is 5.01 Å². The SMILES string of the molecule is Cc1ccc(Cc2cnc(CN)s2)cc1Cl. The van der Waals surface area contributed by atoms with Gasteiger partial charge in [0, 0.05) is 29.1 Å². The molecule has 0 saturated heterocycles. The van der Waals surface area contributed by atoms with Gasteiger partial charge in [-0.05, 0) is 24.1 Å². The Labute approximate surface area is 104 Å². The van der Waals surface area contributed by atoms with E-state index in [1.165, 1.54) is 10.4 Å². The average Bonchev–Trinajstić information content (AvgIpc) is 2.71. The van der Waals surface area contributed by atoms with Crippen molar-refractivity contribution < 1.29 is 0 Å². The van der Waals surface area contributed by atoms with Crippen molar-refractivity contribution >= 4 is 22.9 Å². The van der Waals surface area contributed by atoms with E-state index in [0.717, 1.165) is 22.0 Å². The van der Waals surface area contributed by atoms with Crippen LogP contribution < -0.4 is 5.73 Å². The number of thiazole rings is 1.